The first-order valence-electron chi connectivity index (χ1n) is 4.32. The predicted octanol–water partition coefficient (Wildman–Crippen LogP) is 2.62. The van der Waals surface area contributed by atoms with Crippen LogP contribution in [0.2, 0.25) is 5.02 Å². The molecule has 1 unspecified atom stereocenters. The van der Waals surface area contributed by atoms with Gasteiger partial charge >= 0.3 is 5.97 Å². The van der Waals surface area contributed by atoms with Crippen LogP contribution in [0.15, 0.2) is 24.3 Å². The van der Waals surface area contributed by atoms with E-state index in [9.17, 15) is 4.79 Å². The van der Waals surface area contributed by atoms with Crippen LogP contribution in [0.25, 0.3) is 0 Å². The van der Waals surface area contributed by atoms with Gasteiger partial charge in [-0.3, -0.25) is 4.79 Å². The highest BCUT2D eigenvalue weighted by molar-refractivity contribution is 6.30. The summed E-state index contributed by atoms with van der Waals surface area (Å²) in [6.45, 7) is 1.81. The lowest BCUT2D eigenvalue weighted by Crippen LogP contribution is -2.19. The van der Waals surface area contributed by atoms with Crippen molar-refractivity contribution in [3.63, 3.8) is 0 Å². The van der Waals surface area contributed by atoms with Gasteiger partial charge in [-0.05, 0) is 25.1 Å². The van der Waals surface area contributed by atoms with Crippen molar-refractivity contribution in [1.29, 1.82) is 0 Å². The second-order valence-electron chi connectivity index (χ2n) is 3.15. The molecule has 0 aliphatic rings. The van der Waals surface area contributed by atoms with Crippen molar-refractivity contribution in [2.75, 3.05) is 5.32 Å². The summed E-state index contributed by atoms with van der Waals surface area (Å²) >= 11 is 5.78. The number of halogens is 1. The number of benzene rings is 1. The quantitative estimate of drug-likeness (QED) is 0.809. The maximum atomic E-state index is 10.4. The van der Waals surface area contributed by atoms with Gasteiger partial charge in [0.15, 0.2) is 0 Å². The van der Waals surface area contributed by atoms with Crippen molar-refractivity contribution < 1.29 is 9.90 Å². The van der Waals surface area contributed by atoms with Gasteiger partial charge < -0.3 is 10.4 Å². The first-order valence-corrected chi connectivity index (χ1v) is 4.69. The number of rotatable bonds is 4. The van der Waals surface area contributed by atoms with Gasteiger partial charge in [0.1, 0.15) is 0 Å². The molecule has 1 aromatic rings. The van der Waals surface area contributed by atoms with E-state index in [1.165, 1.54) is 0 Å². The number of nitrogens with one attached hydrogen (secondary N) is 1. The summed E-state index contributed by atoms with van der Waals surface area (Å²) in [5, 5.41) is 12.2. The van der Waals surface area contributed by atoms with E-state index in [-0.39, 0.29) is 12.5 Å². The number of anilines is 1. The second kappa shape index (κ2) is 4.86. The third-order valence-corrected chi connectivity index (χ3v) is 1.95. The Morgan fingerprint density at radius 1 is 1.64 bits per heavy atom. The van der Waals surface area contributed by atoms with E-state index in [1.807, 2.05) is 19.1 Å². The fraction of sp³-hybridized carbons (Fsp3) is 0.300. The van der Waals surface area contributed by atoms with Crippen LogP contribution in [0.5, 0.6) is 0 Å². The van der Waals surface area contributed by atoms with Crippen LogP contribution in [0.4, 0.5) is 5.69 Å². The lowest BCUT2D eigenvalue weighted by Gasteiger charge is -2.12. The third-order valence-electron chi connectivity index (χ3n) is 1.72. The summed E-state index contributed by atoms with van der Waals surface area (Å²) in [6.07, 6.45) is 0.0898. The highest BCUT2D eigenvalue weighted by atomic mass is 35.5. The molecular formula is C10H12ClNO2. The van der Waals surface area contributed by atoms with Gasteiger partial charge in [0, 0.05) is 16.8 Å². The van der Waals surface area contributed by atoms with Gasteiger partial charge in [0.2, 0.25) is 0 Å². The van der Waals surface area contributed by atoms with Crippen molar-refractivity contribution in [1.82, 2.24) is 0 Å². The van der Waals surface area contributed by atoms with Crippen LogP contribution >= 0.6 is 11.6 Å². The molecule has 0 aromatic heterocycles. The molecule has 0 aliphatic heterocycles. The first-order chi connectivity index (χ1) is 6.58. The summed E-state index contributed by atoms with van der Waals surface area (Å²) in [6, 6.07) is 7.10. The number of aliphatic carboxylic acids is 1. The Kier molecular flexibility index (Phi) is 3.77. The summed E-state index contributed by atoms with van der Waals surface area (Å²) in [4.78, 5) is 10.4. The zero-order valence-electron chi connectivity index (χ0n) is 7.83. The minimum atomic E-state index is -0.813. The topological polar surface area (TPSA) is 49.3 Å². The largest absolute Gasteiger partial charge is 0.481 e. The molecule has 0 bridgehead atoms. The standard InChI is InChI=1S/C10H12ClNO2/c1-7(5-10(13)14)12-9-4-2-3-8(11)6-9/h2-4,6-7,12H,5H2,1H3,(H,13,14). The monoisotopic (exact) mass is 213 g/mol. The molecule has 0 radical (unpaired) electrons. The Balaban J connectivity index is 2.55. The molecule has 76 valence electrons. The number of carboxylic acids is 1. The van der Waals surface area contributed by atoms with Crippen LogP contribution in [-0.4, -0.2) is 17.1 Å². The Labute approximate surface area is 87.7 Å². The molecule has 1 rings (SSSR count). The van der Waals surface area contributed by atoms with Gasteiger partial charge in [-0.1, -0.05) is 17.7 Å². The van der Waals surface area contributed by atoms with Gasteiger partial charge in [0.25, 0.3) is 0 Å². The van der Waals surface area contributed by atoms with Crippen molar-refractivity contribution in [2.24, 2.45) is 0 Å². The van der Waals surface area contributed by atoms with E-state index in [2.05, 4.69) is 5.32 Å². The fourth-order valence-corrected chi connectivity index (χ4v) is 1.37. The van der Waals surface area contributed by atoms with Gasteiger partial charge in [-0.15, -0.1) is 0 Å². The normalized spacial score (nSPS) is 12.1. The summed E-state index contributed by atoms with van der Waals surface area (Å²) in [5.41, 5.74) is 0.839. The maximum absolute atomic E-state index is 10.4. The van der Waals surface area contributed by atoms with Crippen LogP contribution in [-0.2, 0) is 4.79 Å². The average molecular weight is 214 g/mol. The van der Waals surface area contributed by atoms with E-state index in [0.29, 0.717) is 5.02 Å². The summed E-state index contributed by atoms with van der Waals surface area (Å²) in [7, 11) is 0. The van der Waals surface area contributed by atoms with E-state index < -0.39 is 5.97 Å². The number of carboxylic acid groups (broad SMARTS) is 1. The van der Waals surface area contributed by atoms with Gasteiger partial charge in [-0.2, -0.15) is 0 Å². The molecule has 0 heterocycles. The number of hydrogen-bond acceptors (Lipinski definition) is 2. The highest BCUT2D eigenvalue weighted by Crippen LogP contribution is 2.16. The van der Waals surface area contributed by atoms with E-state index in [0.717, 1.165) is 5.69 Å². The molecule has 0 saturated carbocycles. The molecule has 0 aliphatic carbocycles. The van der Waals surface area contributed by atoms with Crippen LogP contribution in [0.1, 0.15) is 13.3 Å². The Hall–Kier alpha value is -1.22. The zero-order chi connectivity index (χ0) is 10.6. The zero-order valence-corrected chi connectivity index (χ0v) is 8.58. The molecule has 0 saturated heterocycles. The molecule has 4 heteroatoms. The Bertz CT molecular complexity index is 328. The lowest BCUT2D eigenvalue weighted by molar-refractivity contribution is -0.137. The molecule has 3 nitrogen and oxygen atoms in total. The summed E-state index contributed by atoms with van der Waals surface area (Å²) < 4.78 is 0. The van der Waals surface area contributed by atoms with Crippen molar-refractivity contribution in [3.05, 3.63) is 29.3 Å². The van der Waals surface area contributed by atoms with E-state index in [1.54, 1.807) is 12.1 Å². The van der Waals surface area contributed by atoms with Crippen molar-refractivity contribution in [2.45, 2.75) is 19.4 Å². The molecule has 0 fully saturated rings. The SMILES string of the molecule is CC(CC(=O)O)Nc1cccc(Cl)c1. The Morgan fingerprint density at radius 3 is 2.93 bits per heavy atom. The highest BCUT2D eigenvalue weighted by Gasteiger charge is 2.06. The van der Waals surface area contributed by atoms with Gasteiger partial charge in [-0.25, -0.2) is 0 Å². The smallest absolute Gasteiger partial charge is 0.305 e. The van der Waals surface area contributed by atoms with Crippen LogP contribution in [0.3, 0.4) is 0 Å². The Morgan fingerprint density at radius 2 is 2.36 bits per heavy atom. The molecule has 14 heavy (non-hydrogen) atoms. The lowest BCUT2D eigenvalue weighted by atomic mass is 10.2. The first kappa shape index (κ1) is 10.9. The van der Waals surface area contributed by atoms with Crippen molar-refractivity contribution in [3.8, 4) is 0 Å². The molecule has 1 aromatic carbocycles. The number of hydrogen-bond donors (Lipinski definition) is 2. The van der Waals surface area contributed by atoms with Crippen LogP contribution < -0.4 is 5.32 Å². The number of carbonyl (C=O) groups is 1. The third kappa shape index (κ3) is 3.66. The fourth-order valence-electron chi connectivity index (χ4n) is 1.18. The van der Waals surface area contributed by atoms with Crippen molar-refractivity contribution >= 4 is 23.3 Å². The van der Waals surface area contributed by atoms with Crippen LogP contribution in [0, 0.1) is 0 Å². The molecule has 0 spiro atoms. The molecular weight excluding hydrogens is 202 g/mol. The van der Waals surface area contributed by atoms with E-state index in [4.69, 9.17) is 16.7 Å². The van der Waals surface area contributed by atoms with E-state index >= 15 is 0 Å². The molecule has 1 atom stereocenters. The minimum Gasteiger partial charge on any atom is -0.481 e. The average Bonchev–Trinajstić information content (AvgIpc) is 2.01. The minimum absolute atomic E-state index is 0.0898. The predicted molar refractivity (Wildman–Crippen MR) is 56.8 cm³/mol. The molecule has 0 amide bonds. The molecule has 2 N–H and O–H groups in total. The maximum Gasteiger partial charge on any atom is 0.305 e. The van der Waals surface area contributed by atoms with Gasteiger partial charge in [0.05, 0.1) is 6.42 Å². The second-order valence-corrected chi connectivity index (χ2v) is 3.59. The summed E-state index contributed by atoms with van der Waals surface area (Å²) in [5.74, 6) is -0.813.